The molecule has 1 saturated heterocycles. The lowest BCUT2D eigenvalue weighted by Gasteiger charge is -2.28. The van der Waals surface area contributed by atoms with E-state index in [0.29, 0.717) is 6.54 Å². The van der Waals surface area contributed by atoms with E-state index in [9.17, 15) is 9.59 Å². The lowest BCUT2D eigenvalue weighted by atomic mass is 10.1. The number of hydrogen-bond donors (Lipinski definition) is 2. The number of nitrogens with zero attached hydrogens (tertiary/aromatic N) is 1. The van der Waals surface area contributed by atoms with Gasteiger partial charge in [-0.2, -0.15) is 11.8 Å². The van der Waals surface area contributed by atoms with Crippen molar-refractivity contribution in [1.29, 1.82) is 0 Å². The van der Waals surface area contributed by atoms with Crippen molar-refractivity contribution in [2.75, 3.05) is 38.7 Å². The van der Waals surface area contributed by atoms with Crippen LogP contribution in [0.3, 0.4) is 0 Å². The zero-order chi connectivity index (χ0) is 12.8. The lowest BCUT2D eigenvalue weighted by molar-refractivity contribution is -0.133. The van der Waals surface area contributed by atoms with Crippen LogP contribution in [0.2, 0.25) is 0 Å². The topological polar surface area (TPSA) is 61.4 Å². The van der Waals surface area contributed by atoms with Gasteiger partial charge in [-0.25, -0.2) is 0 Å². The molecule has 1 fully saturated rings. The third kappa shape index (κ3) is 4.20. The summed E-state index contributed by atoms with van der Waals surface area (Å²) in [7, 11) is 3.36. The summed E-state index contributed by atoms with van der Waals surface area (Å²) in [5, 5.41) is 5.80. The molecule has 1 aliphatic heterocycles. The fourth-order valence-electron chi connectivity index (χ4n) is 1.82. The first-order valence-electron chi connectivity index (χ1n) is 5.84. The molecule has 0 aromatic carbocycles. The molecule has 0 aromatic heterocycles. The molecule has 1 rings (SSSR count). The maximum atomic E-state index is 12.1. The molecule has 0 bridgehead atoms. The lowest BCUT2D eigenvalue weighted by Crippen LogP contribution is -2.50. The molecule has 0 saturated carbocycles. The summed E-state index contributed by atoms with van der Waals surface area (Å²) in [4.78, 5) is 25.1. The Bertz CT molecular complexity index is 280. The molecular weight excluding hydrogens is 238 g/mol. The van der Waals surface area contributed by atoms with Crippen molar-refractivity contribution >= 4 is 23.6 Å². The van der Waals surface area contributed by atoms with Gasteiger partial charge in [0.05, 0.1) is 12.0 Å². The second-order valence-corrected chi connectivity index (χ2v) is 5.47. The molecule has 1 aliphatic rings. The van der Waals surface area contributed by atoms with Crippen LogP contribution in [-0.4, -0.2) is 61.4 Å². The second-order valence-electron chi connectivity index (χ2n) is 4.32. The van der Waals surface area contributed by atoms with Gasteiger partial charge in [0.2, 0.25) is 11.8 Å². The van der Waals surface area contributed by atoms with E-state index in [-0.39, 0.29) is 23.8 Å². The van der Waals surface area contributed by atoms with Crippen LogP contribution in [0.5, 0.6) is 0 Å². The molecule has 5 nitrogen and oxygen atoms in total. The highest BCUT2D eigenvalue weighted by atomic mass is 32.2. The van der Waals surface area contributed by atoms with Crippen molar-refractivity contribution in [3.63, 3.8) is 0 Å². The Morgan fingerprint density at radius 2 is 2.29 bits per heavy atom. The predicted molar refractivity (Wildman–Crippen MR) is 70.0 cm³/mol. The van der Waals surface area contributed by atoms with Crippen LogP contribution in [-0.2, 0) is 9.59 Å². The number of hydrogen-bond acceptors (Lipinski definition) is 4. The minimum absolute atomic E-state index is 0.0318. The number of nitrogens with one attached hydrogen (secondary N) is 2. The summed E-state index contributed by atoms with van der Waals surface area (Å²) in [6.45, 7) is 3.16. The quantitative estimate of drug-likeness (QED) is 0.717. The Morgan fingerprint density at radius 3 is 2.82 bits per heavy atom. The molecule has 2 atom stereocenters. The monoisotopic (exact) mass is 259 g/mol. The SMILES string of the molecule is CNC(=O)C(C)CN(C)C(=O)C1CSCCN1. The first-order chi connectivity index (χ1) is 8.06. The minimum Gasteiger partial charge on any atom is -0.359 e. The zero-order valence-corrected chi connectivity index (χ0v) is 11.5. The van der Waals surface area contributed by atoms with Gasteiger partial charge in [-0.3, -0.25) is 9.59 Å². The van der Waals surface area contributed by atoms with Gasteiger partial charge in [-0.1, -0.05) is 6.92 Å². The van der Waals surface area contributed by atoms with E-state index in [1.54, 1.807) is 30.8 Å². The average Bonchev–Trinajstić information content (AvgIpc) is 2.37. The second kappa shape index (κ2) is 6.86. The molecule has 0 aromatic rings. The number of rotatable bonds is 4. The fraction of sp³-hybridized carbons (Fsp3) is 0.818. The zero-order valence-electron chi connectivity index (χ0n) is 10.7. The van der Waals surface area contributed by atoms with Crippen LogP contribution in [0.1, 0.15) is 6.92 Å². The van der Waals surface area contributed by atoms with E-state index in [4.69, 9.17) is 0 Å². The largest absolute Gasteiger partial charge is 0.359 e. The highest BCUT2D eigenvalue weighted by Crippen LogP contribution is 2.10. The first kappa shape index (κ1) is 14.3. The van der Waals surface area contributed by atoms with Crippen molar-refractivity contribution in [2.24, 2.45) is 5.92 Å². The van der Waals surface area contributed by atoms with Crippen molar-refractivity contribution in [3.05, 3.63) is 0 Å². The van der Waals surface area contributed by atoms with Gasteiger partial charge < -0.3 is 15.5 Å². The number of amides is 2. The normalized spacial score (nSPS) is 21.7. The molecule has 17 heavy (non-hydrogen) atoms. The Morgan fingerprint density at radius 1 is 1.59 bits per heavy atom. The van der Waals surface area contributed by atoms with E-state index in [1.807, 2.05) is 6.92 Å². The highest BCUT2D eigenvalue weighted by Gasteiger charge is 2.25. The molecule has 0 aliphatic carbocycles. The molecule has 1 heterocycles. The summed E-state index contributed by atoms with van der Waals surface area (Å²) < 4.78 is 0. The van der Waals surface area contributed by atoms with Crippen molar-refractivity contribution in [2.45, 2.75) is 13.0 Å². The molecule has 2 N–H and O–H groups in total. The third-order valence-corrected chi connectivity index (χ3v) is 3.90. The van der Waals surface area contributed by atoms with E-state index in [2.05, 4.69) is 10.6 Å². The van der Waals surface area contributed by atoms with E-state index < -0.39 is 0 Å². The van der Waals surface area contributed by atoms with Gasteiger partial charge in [-0.15, -0.1) is 0 Å². The van der Waals surface area contributed by atoms with Gasteiger partial charge in [0, 0.05) is 38.7 Å². The standard InChI is InChI=1S/C11H21N3O2S/c1-8(10(15)12-2)6-14(3)11(16)9-7-17-5-4-13-9/h8-9,13H,4-7H2,1-3H3,(H,12,15). The summed E-state index contributed by atoms with van der Waals surface area (Å²) in [5.74, 6) is 1.74. The number of thioether (sulfide) groups is 1. The molecule has 98 valence electrons. The number of likely N-dealkylation sites (N-methyl/N-ethyl adjacent to an activating group) is 1. The molecule has 2 unspecified atom stereocenters. The summed E-state index contributed by atoms with van der Waals surface area (Å²) in [5.41, 5.74) is 0. The molecule has 0 radical (unpaired) electrons. The van der Waals surface area contributed by atoms with Crippen LogP contribution >= 0.6 is 11.8 Å². The van der Waals surface area contributed by atoms with Gasteiger partial charge in [0.1, 0.15) is 0 Å². The Hall–Kier alpha value is -0.750. The van der Waals surface area contributed by atoms with Crippen LogP contribution in [0.4, 0.5) is 0 Å². The summed E-state index contributed by atoms with van der Waals surface area (Å²) in [6.07, 6.45) is 0. The summed E-state index contributed by atoms with van der Waals surface area (Å²) >= 11 is 1.79. The van der Waals surface area contributed by atoms with Gasteiger partial charge in [-0.05, 0) is 0 Å². The fourth-order valence-corrected chi connectivity index (χ4v) is 2.75. The Kier molecular flexibility index (Phi) is 5.77. The van der Waals surface area contributed by atoms with Gasteiger partial charge >= 0.3 is 0 Å². The van der Waals surface area contributed by atoms with Gasteiger partial charge in [0.15, 0.2) is 0 Å². The van der Waals surface area contributed by atoms with Crippen LogP contribution in [0.15, 0.2) is 0 Å². The van der Waals surface area contributed by atoms with Gasteiger partial charge in [0.25, 0.3) is 0 Å². The molecule has 0 spiro atoms. The Balaban J connectivity index is 2.43. The predicted octanol–water partition coefficient (Wildman–Crippen LogP) is -0.468. The van der Waals surface area contributed by atoms with Crippen molar-refractivity contribution in [3.8, 4) is 0 Å². The third-order valence-electron chi connectivity index (χ3n) is 2.84. The van der Waals surface area contributed by atoms with Crippen LogP contribution in [0.25, 0.3) is 0 Å². The number of carbonyl (C=O) groups excluding carboxylic acids is 2. The van der Waals surface area contributed by atoms with Crippen molar-refractivity contribution in [1.82, 2.24) is 15.5 Å². The molecular formula is C11H21N3O2S. The minimum atomic E-state index is -0.176. The maximum Gasteiger partial charge on any atom is 0.240 e. The molecule has 6 heteroatoms. The molecule has 2 amide bonds. The maximum absolute atomic E-state index is 12.1. The highest BCUT2D eigenvalue weighted by molar-refractivity contribution is 7.99. The Labute approximate surface area is 107 Å². The van der Waals surface area contributed by atoms with E-state index >= 15 is 0 Å². The number of carbonyl (C=O) groups is 2. The average molecular weight is 259 g/mol. The van der Waals surface area contributed by atoms with E-state index in [0.717, 1.165) is 18.1 Å². The van der Waals surface area contributed by atoms with Crippen LogP contribution < -0.4 is 10.6 Å². The first-order valence-corrected chi connectivity index (χ1v) is 6.99. The van der Waals surface area contributed by atoms with E-state index in [1.165, 1.54) is 0 Å². The van der Waals surface area contributed by atoms with Crippen LogP contribution in [0, 0.1) is 5.92 Å². The van der Waals surface area contributed by atoms with Crippen molar-refractivity contribution < 1.29 is 9.59 Å². The smallest absolute Gasteiger partial charge is 0.240 e. The summed E-state index contributed by atoms with van der Waals surface area (Å²) in [6, 6.07) is -0.101.